The molecule has 1 amide bonds. The summed E-state index contributed by atoms with van der Waals surface area (Å²) < 4.78 is 1.75. The summed E-state index contributed by atoms with van der Waals surface area (Å²) in [7, 11) is 0. The van der Waals surface area contributed by atoms with Crippen LogP contribution in [0.15, 0.2) is 61.2 Å². The number of pyridine rings is 1. The van der Waals surface area contributed by atoms with Crippen LogP contribution in [0, 0.1) is 11.8 Å². The van der Waals surface area contributed by atoms with E-state index in [4.69, 9.17) is 0 Å². The number of benzene rings is 1. The van der Waals surface area contributed by atoms with Crippen LogP contribution >= 0.6 is 0 Å². The summed E-state index contributed by atoms with van der Waals surface area (Å²) in [6.07, 6.45) is 9.52. The van der Waals surface area contributed by atoms with Gasteiger partial charge < -0.3 is 10.2 Å². The van der Waals surface area contributed by atoms with E-state index >= 15 is 0 Å². The van der Waals surface area contributed by atoms with Crippen molar-refractivity contribution >= 4 is 5.91 Å². The molecule has 146 valence electrons. The van der Waals surface area contributed by atoms with E-state index in [2.05, 4.69) is 32.1 Å². The first-order valence-corrected chi connectivity index (χ1v) is 9.86. The van der Waals surface area contributed by atoms with Crippen LogP contribution in [0.2, 0.25) is 0 Å². The minimum absolute atomic E-state index is 0.0827. The highest BCUT2D eigenvalue weighted by Gasteiger charge is 2.13. The Labute approximate surface area is 170 Å². The Balaban J connectivity index is 1.54. The minimum Gasteiger partial charge on any atom is -0.351 e. The molecular formula is C23H23N5O. The zero-order valence-corrected chi connectivity index (χ0v) is 16.2. The van der Waals surface area contributed by atoms with Gasteiger partial charge in [-0.1, -0.05) is 11.8 Å². The van der Waals surface area contributed by atoms with Gasteiger partial charge in [0.2, 0.25) is 0 Å². The molecule has 0 bridgehead atoms. The molecule has 3 aromatic rings. The van der Waals surface area contributed by atoms with Crippen molar-refractivity contribution in [3.05, 3.63) is 77.9 Å². The van der Waals surface area contributed by atoms with Gasteiger partial charge in [-0.2, -0.15) is 5.10 Å². The molecule has 1 saturated heterocycles. The number of amides is 1. The number of likely N-dealkylation sites (tertiary alicyclic amines) is 1. The Bertz CT molecular complexity index is 1010. The first-order chi connectivity index (χ1) is 14.3. The summed E-state index contributed by atoms with van der Waals surface area (Å²) in [6, 6.07) is 11.1. The maximum absolute atomic E-state index is 12.6. The van der Waals surface area contributed by atoms with Crippen molar-refractivity contribution in [2.24, 2.45) is 0 Å². The van der Waals surface area contributed by atoms with Gasteiger partial charge in [0.1, 0.15) is 0 Å². The fourth-order valence-corrected chi connectivity index (χ4v) is 3.40. The largest absolute Gasteiger partial charge is 0.351 e. The molecule has 1 N–H and O–H groups in total. The van der Waals surface area contributed by atoms with Gasteiger partial charge in [-0.15, -0.1) is 0 Å². The molecule has 0 saturated carbocycles. The Kier molecular flexibility index (Phi) is 5.98. The summed E-state index contributed by atoms with van der Waals surface area (Å²) >= 11 is 0. The summed E-state index contributed by atoms with van der Waals surface area (Å²) in [4.78, 5) is 19.1. The second-order valence-electron chi connectivity index (χ2n) is 6.98. The van der Waals surface area contributed by atoms with Crippen LogP contribution in [-0.4, -0.2) is 51.8 Å². The number of nitrogens with one attached hydrogen (secondary N) is 1. The van der Waals surface area contributed by atoms with Gasteiger partial charge in [0.05, 0.1) is 11.3 Å². The van der Waals surface area contributed by atoms with E-state index in [0.29, 0.717) is 12.1 Å². The van der Waals surface area contributed by atoms with Crippen molar-refractivity contribution < 1.29 is 4.79 Å². The summed E-state index contributed by atoms with van der Waals surface area (Å²) in [6.45, 7) is 3.80. The number of nitrogens with zero attached hydrogens (tertiary/aromatic N) is 4. The third-order valence-electron chi connectivity index (χ3n) is 4.93. The molecule has 1 aromatic carbocycles. The third kappa shape index (κ3) is 4.89. The van der Waals surface area contributed by atoms with Gasteiger partial charge in [-0.05, 0) is 62.3 Å². The number of aromatic nitrogens is 3. The predicted octanol–water partition coefficient (Wildman–Crippen LogP) is 2.49. The minimum atomic E-state index is -0.0827. The number of carbonyl (C=O) groups is 1. The Morgan fingerprint density at radius 3 is 2.76 bits per heavy atom. The third-order valence-corrected chi connectivity index (χ3v) is 4.93. The van der Waals surface area contributed by atoms with E-state index in [-0.39, 0.29) is 5.91 Å². The number of hydrogen-bond donors (Lipinski definition) is 1. The van der Waals surface area contributed by atoms with Gasteiger partial charge in [0.25, 0.3) is 5.91 Å². The van der Waals surface area contributed by atoms with E-state index in [1.165, 1.54) is 12.8 Å². The monoisotopic (exact) mass is 385 g/mol. The molecular weight excluding hydrogens is 362 g/mol. The first-order valence-electron chi connectivity index (χ1n) is 9.86. The van der Waals surface area contributed by atoms with Crippen molar-refractivity contribution in [2.75, 3.05) is 26.2 Å². The van der Waals surface area contributed by atoms with E-state index in [1.807, 2.05) is 42.6 Å². The Hall–Kier alpha value is -3.43. The molecule has 0 aliphatic carbocycles. The van der Waals surface area contributed by atoms with Crippen LogP contribution in [0.4, 0.5) is 0 Å². The number of carbonyl (C=O) groups excluding carboxylic acids is 1. The molecule has 1 aliphatic heterocycles. The highest BCUT2D eigenvalue weighted by molar-refractivity contribution is 5.95. The van der Waals surface area contributed by atoms with Gasteiger partial charge in [0, 0.05) is 49.0 Å². The van der Waals surface area contributed by atoms with Gasteiger partial charge >= 0.3 is 0 Å². The van der Waals surface area contributed by atoms with Crippen LogP contribution in [0.1, 0.15) is 34.3 Å². The van der Waals surface area contributed by atoms with Crippen LogP contribution < -0.4 is 5.32 Å². The molecule has 0 unspecified atom stereocenters. The summed E-state index contributed by atoms with van der Waals surface area (Å²) in [5, 5.41) is 7.32. The topological polar surface area (TPSA) is 63.1 Å². The second-order valence-corrected chi connectivity index (χ2v) is 6.98. The molecule has 1 aliphatic rings. The lowest BCUT2D eigenvalue weighted by atomic mass is 10.1. The lowest BCUT2D eigenvalue weighted by molar-refractivity contribution is 0.0949. The van der Waals surface area contributed by atoms with E-state index in [0.717, 1.165) is 36.4 Å². The maximum Gasteiger partial charge on any atom is 0.251 e. The zero-order valence-electron chi connectivity index (χ0n) is 16.2. The van der Waals surface area contributed by atoms with Crippen molar-refractivity contribution in [1.82, 2.24) is 25.0 Å². The van der Waals surface area contributed by atoms with E-state index in [9.17, 15) is 4.79 Å². The predicted molar refractivity (Wildman–Crippen MR) is 112 cm³/mol. The highest BCUT2D eigenvalue weighted by atomic mass is 16.1. The molecule has 0 atom stereocenters. The second kappa shape index (κ2) is 9.18. The van der Waals surface area contributed by atoms with E-state index in [1.54, 1.807) is 23.3 Å². The molecule has 4 rings (SSSR count). The molecule has 0 spiro atoms. The Morgan fingerprint density at radius 1 is 1.10 bits per heavy atom. The quantitative estimate of drug-likeness (QED) is 0.686. The lowest BCUT2D eigenvalue weighted by Gasteiger charge is -2.15. The molecule has 0 radical (unpaired) electrons. The van der Waals surface area contributed by atoms with Crippen molar-refractivity contribution in [3.63, 3.8) is 0 Å². The molecule has 6 nitrogen and oxygen atoms in total. The van der Waals surface area contributed by atoms with Gasteiger partial charge in [0.15, 0.2) is 0 Å². The molecule has 29 heavy (non-hydrogen) atoms. The fourth-order valence-electron chi connectivity index (χ4n) is 3.40. The summed E-state index contributed by atoms with van der Waals surface area (Å²) in [5.74, 6) is 6.21. The normalized spacial score (nSPS) is 13.7. The SMILES string of the molecule is O=C(NCCN1CCCC1)c1ccc(-n2cccn2)c(C#Cc2cccnc2)c1. The molecule has 1 fully saturated rings. The van der Waals surface area contributed by atoms with Crippen LogP contribution in [-0.2, 0) is 0 Å². The van der Waals surface area contributed by atoms with Crippen LogP contribution in [0.5, 0.6) is 0 Å². The first kappa shape index (κ1) is 18.9. The highest BCUT2D eigenvalue weighted by Crippen LogP contribution is 2.16. The number of hydrogen-bond acceptors (Lipinski definition) is 4. The molecule has 6 heteroatoms. The zero-order chi connectivity index (χ0) is 19.9. The van der Waals surface area contributed by atoms with Gasteiger partial charge in [-0.3, -0.25) is 9.78 Å². The van der Waals surface area contributed by atoms with Crippen molar-refractivity contribution in [1.29, 1.82) is 0 Å². The van der Waals surface area contributed by atoms with Crippen LogP contribution in [0.25, 0.3) is 5.69 Å². The smallest absolute Gasteiger partial charge is 0.251 e. The maximum atomic E-state index is 12.6. The number of rotatable bonds is 5. The fraction of sp³-hybridized carbons (Fsp3) is 0.261. The van der Waals surface area contributed by atoms with Gasteiger partial charge in [-0.25, -0.2) is 4.68 Å². The average molecular weight is 385 g/mol. The molecule has 3 heterocycles. The lowest BCUT2D eigenvalue weighted by Crippen LogP contribution is -2.33. The summed E-state index contributed by atoms with van der Waals surface area (Å²) in [5.41, 5.74) is 2.99. The van der Waals surface area contributed by atoms with Crippen LogP contribution in [0.3, 0.4) is 0 Å². The molecule has 2 aromatic heterocycles. The van der Waals surface area contributed by atoms with Crippen molar-refractivity contribution in [2.45, 2.75) is 12.8 Å². The Morgan fingerprint density at radius 2 is 2.00 bits per heavy atom. The van der Waals surface area contributed by atoms with E-state index < -0.39 is 0 Å². The van der Waals surface area contributed by atoms with Crippen molar-refractivity contribution in [3.8, 4) is 17.5 Å². The average Bonchev–Trinajstić information content (AvgIpc) is 3.47. The standard InChI is InChI=1S/C23H23N5O/c29-23(25-12-16-27-13-1-2-14-27)21-8-9-22(28-15-4-11-26-28)20(17-21)7-6-19-5-3-10-24-18-19/h3-5,8-11,15,17-18H,1-2,12-14,16H2,(H,25,29).